The second kappa shape index (κ2) is 6.95. The van der Waals surface area contributed by atoms with Crippen molar-refractivity contribution in [2.45, 2.75) is 18.9 Å². The molecule has 2 rings (SSSR count). The number of furan rings is 1. The largest absolute Gasteiger partial charge is 0.441 e. The molecule has 1 aromatic heterocycles. The lowest BCUT2D eigenvalue weighted by atomic mass is 10.2. The summed E-state index contributed by atoms with van der Waals surface area (Å²) in [6.45, 7) is 1.17. The first kappa shape index (κ1) is 15.1. The van der Waals surface area contributed by atoms with Gasteiger partial charge in [-0.2, -0.15) is 5.26 Å². The minimum atomic E-state index is -0.407. The Bertz CT molecular complexity index is 563. The number of rotatable bonds is 5. The molecule has 21 heavy (non-hydrogen) atoms. The molecule has 0 saturated carbocycles. The van der Waals surface area contributed by atoms with Crippen molar-refractivity contribution in [1.82, 2.24) is 5.32 Å². The topological polar surface area (TPSA) is 78.5 Å². The molecule has 0 unspecified atom stereocenters. The first-order valence-electron chi connectivity index (χ1n) is 6.89. The first-order valence-corrected chi connectivity index (χ1v) is 6.89. The second-order valence-corrected chi connectivity index (χ2v) is 5.09. The van der Waals surface area contributed by atoms with Crippen LogP contribution in [0.5, 0.6) is 0 Å². The van der Waals surface area contributed by atoms with E-state index in [1.54, 1.807) is 17.0 Å². The Morgan fingerprint density at radius 2 is 2.38 bits per heavy atom. The third-order valence-electron chi connectivity index (χ3n) is 3.22. The quantitative estimate of drug-likeness (QED) is 0.657. The molecule has 1 fully saturated rings. The van der Waals surface area contributed by atoms with Crippen LogP contribution in [0.3, 0.4) is 0 Å². The van der Waals surface area contributed by atoms with E-state index in [0.717, 1.165) is 19.4 Å². The molecule has 2 heterocycles. The number of ether oxygens (including phenoxy) is 1. The van der Waals surface area contributed by atoms with Gasteiger partial charge in [0, 0.05) is 39.4 Å². The van der Waals surface area contributed by atoms with Crippen molar-refractivity contribution in [3.63, 3.8) is 0 Å². The van der Waals surface area contributed by atoms with Gasteiger partial charge in [0.2, 0.25) is 0 Å². The van der Waals surface area contributed by atoms with Crippen LogP contribution in [-0.4, -0.2) is 39.3 Å². The van der Waals surface area contributed by atoms with Crippen molar-refractivity contribution in [1.29, 1.82) is 5.26 Å². The first-order chi connectivity index (χ1) is 10.1. The van der Waals surface area contributed by atoms with Gasteiger partial charge in [0.25, 0.3) is 5.91 Å². The van der Waals surface area contributed by atoms with E-state index in [1.807, 2.05) is 20.2 Å². The summed E-state index contributed by atoms with van der Waals surface area (Å²) >= 11 is 0. The standard InChI is InChI=1S/C15H19N3O3/c1-18(2)14-6-5-12(21-14)8-11(9-16)15(19)17-10-13-4-3-7-20-13/h5-6,8,13H,3-4,7,10H2,1-2H3,(H,17,19)/b11-8-/t13-/m1/s1. The third-order valence-corrected chi connectivity index (χ3v) is 3.22. The smallest absolute Gasteiger partial charge is 0.262 e. The van der Waals surface area contributed by atoms with Crippen molar-refractivity contribution < 1.29 is 13.9 Å². The molecule has 0 radical (unpaired) electrons. The lowest BCUT2D eigenvalue weighted by Gasteiger charge is -2.10. The Morgan fingerprint density at radius 3 is 2.95 bits per heavy atom. The minimum Gasteiger partial charge on any atom is -0.441 e. The molecule has 0 spiro atoms. The second-order valence-electron chi connectivity index (χ2n) is 5.09. The van der Waals surface area contributed by atoms with Gasteiger partial charge in [-0.05, 0) is 18.9 Å². The maximum atomic E-state index is 12.0. The zero-order valence-corrected chi connectivity index (χ0v) is 12.3. The Morgan fingerprint density at radius 1 is 1.57 bits per heavy atom. The van der Waals surface area contributed by atoms with Crippen LogP contribution >= 0.6 is 0 Å². The highest BCUT2D eigenvalue weighted by molar-refractivity contribution is 6.01. The molecule has 1 saturated heterocycles. The SMILES string of the molecule is CN(C)c1ccc(/C=C(/C#N)C(=O)NC[C@H]2CCCO2)o1. The van der Waals surface area contributed by atoms with Crippen LogP contribution in [0, 0.1) is 11.3 Å². The molecule has 1 N–H and O–H groups in total. The van der Waals surface area contributed by atoms with Crippen LogP contribution in [0.2, 0.25) is 0 Å². The number of nitriles is 1. The molecular weight excluding hydrogens is 270 g/mol. The Labute approximate surface area is 124 Å². The summed E-state index contributed by atoms with van der Waals surface area (Å²) < 4.78 is 10.9. The number of carbonyl (C=O) groups excluding carboxylic acids is 1. The van der Waals surface area contributed by atoms with Crippen molar-refractivity contribution in [2.24, 2.45) is 0 Å². The summed E-state index contributed by atoms with van der Waals surface area (Å²) in [5.41, 5.74) is 0.0210. The third kappa shape index (κ3) is 4.10. The molecule has 0 aliphatic carbocycles. The lowest BCUT2D eigenvalue weighted by Crippen LogP contribution is -2.32. The van der Waals surface area contributed by atoms with Gasteiger partial charge in [0.15, 0.2) is 5.88 Å². The lowest BCUT2D eigenvalue weighted by molar-refractivity contribution is -0.117. The van der Waals surface area contributed by atoms with Crippen LogP contribution < -0.4 is 10.2 Å². The summed E-state index contributed by atoms with van der Waals surface area (Å²) in [5, 5.41) is 11.8. The molecule has 0 bridgehead atoms. The van der Waals surface area contributed by atoms with Crippen molar-refractivity contribution >= 4 is 17.9 Å². The number of nitrogens with zero attached hydrogens (tertiary/aromatic N) is 2. The normalized spacial score (nSPS) is 18.3. The fraction of sp³-hybridized carbons (Fsp3) is 0.467. The summed E-state index contributed by atoms with van der Waals surface area (Å²) in [6.07, 6.45) is 3.45. The summed E-state index contributed by atoms with van der Waals surface area (Å²) in [4.78, 5) is 13.8. The highest BCUT2D eigenvalue weighted by Crippen LogP contribution is 2.18. The average Bonchev–Trinajstić information content (AvgIpc) is 3.13. The Kier molecular flexibility index (Phi) is 5.01. The minimum absolute atomic E-state index is 0.0210. The van der Waals surface area contributed by atoms with E-state index in [-0.39, 0.29) is 11.7 Å². The Balaban J connectivity index is 1.98. The summed E-state index contributed by atoms with van der Waals surface area (Å²) in [5.74, 6) is 0.733. The highest BCUT2D eigenvalue weighted by Gasteiger charge is 2.17. The molecule has 0 aromatic carbocycles. The predicted molar refractivity (Wildman–Crippen MR) is 78.6 cm³/mol. The number of anilines is 1. The van der Waals surface area contributed by atoms with Gasteiger partial charge in [-0.15, -0.1) is 0 Å². The molecular formula is C15H19N3O3. The van der Waals surface area contributed by atoms with Crippen molar-refractivity contribution in [3.8, 4) is 6.07 Å². The molecule has 6 nitrogen and oxygen atoms in total. The number of hydrogen-bond acceptors (Lipinski definition) is 5. The van der Waals surface area contributed by atoms with Gasteiger partial charge in [-0.1, -0.05) is 0 Å². The van der Waals surface area contributed by atoms with Crippen molar-refractivity contribution in [3.05, 3.63) is 23.5 Å². The molecule has 112 valence electrons. The van der Waals surface area contributed by atoms with Gasteiger partial charge in [-0.3, -0.25) is 4.79 Å². The van der Waals surface area contributed by atoms with Gasteiger partial charge >= 0.3 is 0 Å². The zero-order chi connectivity index (χ0) is 15.2. The van der Waals surface area contributed by atoms with E-state index in [9.17, 15) is 4.79 Å². The van der Waals surface area contributed by atoms with Crippen LogP contribution in [0.1, 0.15) is 18.6 Å². The van der Waals surface area contributed by atoms with E-state index < -0.39 is 5.91 Å². The fourth-order valence-corrected chi connectivity index (χ4v) is 2.06. The number of nitrogens with one attached hydrogen (secondary N) is 1. The fourth-order valence-electron chi connectivity index (χ4n) is 2.06. The van der Waals surface area contributed by atoms with Gasteiger partial charge in [0.1, 0.15) is 17.4 Å². The Hall–Kier alpha value is -2.26. The van der Waals surface area contributed by atoms with Gasteiger partial charge in [0.05, 0.1) is 6.10 Å². The zero-order valence-electron chi connectivity index (χ0n) is 12.3. The van der Waals surface area contributed by atoms with Gasteiger partial charge < -0.3 is 19.4 Å². The van der Waals surface area contributed by atoms with E-state index in [1.165, 1.54) is 6.08 Å². The maximum absolute atomic E-state index is 12.0. The van der Waals surface area contributed by atoms with E-state index in [2.05, 4.69) is 5.32 Å². The van der Waals surface area contributed by atoms with E-state index in [0.29, 0.717) is 18.2 Å². The number of amides is 1. The molecule has 1 aliphatic rings. The molecule has 1 amide bonds. The van der Waals surface area contributed by atoms with Crippen LogP contribution in [-0.2, 0) is 9.53 Å². The average molecular weight is 289 g/mol. The molecule has 1 aliphatic heterocycles. The number of carbonyl (C=O) groups is 1. The van der Waals surface area contributed by atoms with Crippen molar-refractivity contribution in [2.75, 3.05) is 32.1 Å². The molecule has 1 aromatic rings. The highest BCUT2D eigenvalue weighted by atomic mass is 16.5. The van der Waals surface area contributed by atoms with E-state index >= 15 is 0 Å². The van der Waals surface area contributed by atoms with Crippen LogP contribution in [0.4, 0.5) is 5.88 Å². The van der Waals surface area contributed by atoms with Gasteiger partial charge in [-0.25, -0.2) is 0 Å². The summed E-state index contributed by atoms with van der Waals surface area (Å²) in [6, 6.07) is 5.40. The van der Waals surface area contributed by atoms with E-state index in [4.69, 9.17) is 14.4 Å². The predicted octanol–water partition coefficient (Wildman–Crippen LogP) is 1.55. The monoisotopic (exact) mass is 289 g/mol. The summed E-state index contributed by atoms with van der Waals surface area (Å²) in [7, 11) is 3.71. The number of hydrogen-bond donors (Lipinski definition) is 1. The maximum Gasteiger partial charge on any atom is 0.262 e. The molecule has 6 heteroatoms. The van der Waals surface area contributed by atoms with Crippen LogP contribution in [0.15, 0.2) is 22.1 Å². The molecule has 1 atom stereocenters. The van der Waals surface area contributed by atoms with Crippen LogP contribution in [0.25, 0.3) is 6.08 Å².